The van der Waals surface area contributed by atoms with E-state index in [9.17, 15) is 4.79 Å². The highest BCUT2D eigenvalue weighted by Gasteiger charge is 2.43. The third-order valence-electron chi connectivity index (χ3n) is 6.31. The van der Waals surface area contributed by atoms with Crippen LogP contribution in [0.25, 0.3) is 6.08 Å². The molecule has 1 saturated heterocycles. The van der Waals surface area contributed by atoms with Gasteiger partial charge < -0.3 is 19.0 Å². The summed E-state index contributed by atoms with van der Waals surface area (Å²) in [7, 11) is -0.313. The Morgan fingerprint density at radius 3 is 2.69 bits per heavy atom. The molecule has 1 fully saturated rings. The summed E-state index contributed by atoms with van der Waals surface area (Å²) in [5, 5.41) is 0. The molecule has 8 heteroatoms. The molecule has 2 aliphatic heterocycles. The minimum atomic E-state index is -0.558. The summed E-state index contributed by atoms with van der Waals surface area (Å²) in [6, 6.07) is -0.248. The predicted molar refractivity (Wildman–Crippen MR) is 123 cm³/mol. The minimum Gasteiger partial charge on any atom is -0.443 e. The Kier molecular flexibility index (Phi) is 4.95. The highest BCUT2D eigenvalue weighted by atomic mass is 16.6. The zero-order valence-electron chi connectivity index (χ0n) is 19.8. The summed E-state index contributed by atoms with van der Waals surface area (Å²) in [4.78, 5) is 23.2. The van der Waals surface area contributed by atoms with Crippen LogP contribution in [-0.2, 0) is 14.0 Å². The average molecular weight is 437 g/mol. The zero-order valence-corrected chi connectivity index (χ0v) is 19.8. The van der Waals surface area contributed by atoms with E-state index < -0.39 is 5.60 Å². The van der Waals surface area contributed by atoms with Crippen molar-refractivity contribution in [2.75, 3.05) is 13.2 Å². The van der Waals surface area contributed by atoms with Crippen molar-refractivity contribution < 1.29 is 18.8 Å². The van der Waals surface area contributed by atoms with Crippen molar-refractivity contribution in [1.29, 1.82) is 0 Å². The van der Waals surface area contributed by atoms with Crippen LogP contribution in [0.1, 0.15) is 83.6 Å². The van der Waals surface area contributed by atoms with Gasteiger partial charge in [-0.05, 0) is 56.8 Å². The van der Waals surface area contributed by atoms with E-state index in [0.717, 1.165) is 46.8 Å². The highest BCUT2D eigenvalue weighted by molar-refractivity contribution is 6.55. The number of aromatic nitrogens is 2. The summed E-state index contributed by atoms with van der Waals surface area (Å²) in [6.07, 6.45) is 7.58. The van der Waals surface area contributed by atoms with E-state index in [1.54, 1.807) is 4.90 Å². The van der Waals surface area contributed by atoms with Crippen LogP contribution >= 0.6 is 0 Å². The first-order chi connectivity index (χ1) is 15.0. The second-order valence-electron chi connectivity index (χ2n) is 11.2. The van der Waals surface area contributed by atoms with Crippen molar-refractivity contribution in [3.05, 3.63) is 46.1 Å². The van der Waals surface area contributed by atoms with Gasteiger partial charge in [0.2, 0.25) is 0 Å². The molecule has 0 saturated carbocycles. The van der Waals surface area contributed by atoms with Crippen molar-refractivity contribution >= 4 is 19.3 Å². The standard InChI is InChI=1S/C24H32BN3O4/c1-14-9-16(25-30-12-24(5,6)13-31-25)11-18-19(14)27-21(26-18)20-15-7-8-17(10-15)28(20)22(29)32-23(2,3)4/h8,10-11,14,20H,7,9,12-13H2,1-6H3,(H,26,27)/t14?,20-/m0/s1. The molecule has 7 nitrogen and oxygen atoms in total. The van der Waals surface area contributed by atoms with Gasteiger partial charge in [-0.1, -0.05) is 26.8 Å². The van der Waals surface area contributed by atoms with Gasteiger partial charge in [0.1, 0.15) is 17.5 Å². The smallest absolute Gasteiger partial charge is 0.443 e. The SMILES string of the molecule is CC1CC(B2OCC(C)(C)CO2)=Cc2nc([C@@H]3C4=CC(=CC4)N3C(=O)OC(C)(C)C)[nH]c21. The van der Waals surface area contributed by atoms with E-state index in [-0.39, 0.29) is 30.6 Å². The number of rotatable bonds is 2. The third kappa shape index (κ3) is 3.84. The molecule has 1 unspecified atom stereocenters. The van der Waals surface area contributed by atoms with Gasteiger partial charge in [-0.15, -0.1) is 0 Å². The van der Waals surface area contributed by atoms with E-state index in [2.05, 4.69) is 44.0 Å². The molecule has 4 aliphatic rings. The van der Waals surface area contributed by atoms with Crippen LogP contribution in [0.5, 0.6) is 0 Å². The van der Waals surface area contributed by atoms with E-state index in [1.807, 2.05) is 20.8 Å². The van der Waals surface area contributed by atoms with E-state index in [4.69, 9.17) is 19.0 Å². The lowest BCUT2D eigenvalue weighted by atomic mass is 9.68. The molecule has 5 rings (SSSR count). The number of ether oxygens (including phenoxy) is 1. The number of allylic oxidation sites excluding steroid dienone is 3. The van der Waals surface area contributed by atoms with Crippen LogP contribution in [0.2, 0.25) is 0 Å². The number of carbonyl (C=O) groups excluding carboxylic acids is 1. The summed E-state index contributed by atoms with van der Waals surface area (Å²) < 4.78 is 17.7. The fourth-order valence-electron chi connectivity index (χ4n) is 4.82. The molecule has 1 aromatic heterocycles. The molecule has 32 heavy (non-hydrogen) atoms. The van der Waals surface area contributed by atoms with Gasteiger partial charge in [0.25, 0.3) is 0 Å². The molecule has 2 atom stereocenters. The van der Waals surface area contributed by atoms with Gasteiger partial charge in [-0.2, -0.15) is 0 Å². The lowest BCUT2D eigenvalue weighted by Gasteiger charge is -2.34. The Morgan fingerprint density at radius 1 is 1.28 bits per heavy atom. The molecular weight excluding hydrogens is 405 g/mol. The van der Waals surface area contributed by atoms with E-state index in [1.165, 1.54) is 0 Å². The topological polar surface area (TPSA) is 76.7 Å². The van der Waals surface area contributed by atoms with Crippen LogP contribution in [0.15, 0.2) is 28.9 Å². The van der Waals surface area contributed by atoms with Gasteiger partial charge in [0.15, 0.2) is 0 Å². The second-order valence-corrected chi connectivity index (χ2v) is 11.2. The Morgan fingerprint density at radius 2 is 2.00 bits per heavy atom. The molecule has 1 aromatic rings. The number of nitrogens with one attached hydrogen (secondary N) is 1. The van der Waals surface area contributed by atoms with Crippen molar-refractivity contribution in [2.24, 2.45) is 5.41 Å². The van der Waals surface area contributed by atoms with Crippen molar-refractivity contribution in [1.82, 2.24) is 14.9 Å². The molecule has 170 valence electrons. The Hall–Kier alpha value is -2.32. The van der Waals surface area contributed by atoms with Gasteiger partial charge in [0.05, 0.1) is 5.69 Å². The quantitative estimate of drug-likeness (QED) is 0.666. The number of imidazole rings is 1. The normalized spacial score (nSPS) is 26.5. The van der Waals surface area contributed by atoms with Gasteiger partial charge in [-0.25, -0.2) is 9.78 Å². The number of H-pyrrole nitrogens is 1. The van der Waals surface area contributed by atoms with Crippen molar-refractivity contribution in [3.63, 3.8) is 0 Å². The summed E-state index contributed by atoms with van der Waals surface area (Å²) in [6.45, 7) is 13.5. The number of fused-ring (bicyclic) bond motifs is 2. The molecule has 3 heterocycles. The average Bonchev–Trinajstić information content (AvgIpc) is 3.40. The molecule has 1 amide bonds. The van der Waals surface area contributed by atoms with Gasteiger partial charge >= 0.3 is 13.2 Å². The number of hydrogen-bond donors (Lipinski definition) is 1. The van der Waals surface area contributed by atoms with Crippen LogP contribution in [0, 0.1) is 5.41 Å². The third-order valence-corrected chi connectivity index (χ3v) is 6.31. The van der Waals surface area contributed by atoms with Crippen LogP contribution < -0.4 is 0 Å². The maximum Gasteiger partial charge on any atom is 0.489 e. The van der Waals surface area contributed by atoms with E-state index >= 15 is 0 Å². The van der Waals surface area contributed by atoms with Crippen molar-refractivity contribution in [3.8, 4) is 0 Å². The Balaban J connectivity index is 1.42. The maximum absolute atomic E-state index is 13.0. The lowest BCUT2D eigenvalue weighted by molar-refractivity contribution is 0.0273. The van der Waals surface area contributed by atoms with Crippen LogP contribution in [-0.4, -0.2) is 46.9 Å². The molecular formula is C24H32BN3O4. The summed E-state index contributed by atoms with van der Waals surface area (Å²) >= 11 is 0. The fraction of sp³-hybridized carbons (Fsp3) is 0.583. The summed E-state index contributed by atoms with van der Waals surface area (Å²) in [5.74, 6) is 1.04. The first kappa shape index (κ1) is 21.5. The molecule has 0 spiro atoms. The molecule has 0 radical (unpaired) electrons. The van der Waals surface area contributed by atoms with E-state index in [0.29, 0.717) is 13.2 Å². The monoisotopic (exact) mass is 437 g/mol. The second kappa shape index (κ2) is 7.35. The number of aromatic amines is 1. The van der Waals surface area contributed by atoms with Crippen LogP contribution in [0.3, 0.4) is 0 Å². The maximum atomic E-state index is 13.0. The molecule has 1 N–H and O–H groups in total. The Bertz CT molecular complexity index is 1040. The zero-order chi connectivity index (χ0) is 22.8. The highest BCUT2D eigenvalue weighted by Crippen LogP contribution is 2.46. The number of carbonyl (C=O) groups is 1. The van der Waals surface area contributed by atoms with Crippen LogP contribution in [0.4, 0.5) is 4.79 Å². The molecule has 2 bridgehead atoms. The first-order valence-electron chi connectivity index (χ1n) is 11.5. The number of hydrogen-bond acceptors (Lipinski definition) is 5. The number of amides is 1. The van der Waals surface area contributed by atoms with Crippen molar-refractivity contribution in [2.45, 2.75) is 71.9 Å². The minimum absolute atomic E-state index is 0.0390. The number of nitrogens with zero attached hydrogens (tertiary/aromatic N) is 2. The largest absolute Gasteiger partial charge is 0.489 e. The fourth-order valence-corrected chi connectivity index (χ4v) is 4.82. The first-order valence-corrected chi connectivity index (χ1v) is 11.5. The molecule has 2 aliphatic carbocycles. The molecule has 0 aromatic carbocycles. The Labute approximate surface area is 190 Å². The lowest BCUT2D eigenvalue weighted by Crippen LogP contribution is -2.42. The predicted octanol–water partition coefficient (Wildman–Crippen LogP) is 4.91. The van der Waals surface area contributed by atoms with Gasteiger partial charge in [0, 0.05) is 35.9 Å². The summed E-state index contributed by atoms with van der Waals surface area (Å²) in [5.41, 5.74) is 4.67. The van der Waals surface area contributed by atoms with Gasteiger partial charge in [-0.3, -0.25) is 4.90 Å².